The van der Waals surface area contributed by atoms with Crippen molar-refractivity contribution in [3.8, 4) is 0 Å². The van der Waals surface area contributed by atoms with Gasteiger partial charge in [0.2, 0.25) is 0 Å². The van der Waals surface area contributed by atoms with Crippen LogP contribution in [0.4, 0.5) is 0 Å². The molecular formula is C15H31N3. The normalized spacial score (nSPS) is 38.5. The lowest BCUT2D eigenvalue weighted by atomic mass is 9.74. The molecule has 2 fully saturated rings. The first-order valence-corrected chi connectivity index (χ1v) is 7.73. The minimum absolute atomic E-state index is 0.330. The molecule has 1 aliphatic heterocycles. The minimum Gasteiger partial charge on any atom is -0.329 e. The van der Waals surface area contributed by atoms with Crippen molar-refractivity contribution in [3.63, 3.8) is 0 Å². The Morgan fingerprint density at radius 2 is 1.89 bits per heavy atom. The monoisotopic (exact) mass is 253 g/mol. The lowest BCUT2D eigenvalue weighted by Crippen LogP contribution is -2.55. The van der Waals surface area contributed by atoms with E-state index in [1.807, 2.05) is 0 Å². The van der Waals surface area contributed by atoms with Crippen LogP contribution in [0.2, 0.25) is 0 Å². The van der Waals surface area contributed by atoms with Gasteiger partial charge in [0.25, 0.3) is 0 Å². The molecule has 1 atom stereocenters. The Balaban J connectivity index is 1.97. The van der Waals surface area contributed by atoms with Gasteiger partial charge in [0.1, 0.15) is 0 Å². The summed E-state index contributed by atoms with van der Waals surface area (Å²) in [6, 6.07) is 0.734. The van der Waals surface area contributed by atoms with Crippen LogP contribution in [0.3, 0.4) is 0 Å². The third-order valence-electron chi connectivity index (χ3n) is 5.56. The van der Waals surface area contributed by atoms with Crippen molar-refractivity contribution in [1.29, 1.82) is 0 Å². The fourth-order valence-corrected chi connectivity index (χ4v) is 3.87. The molecule has 0 aromatic heterocycles. The maximum absolute atomic E-state index is 6.17. The van der Waals surface area contributed by atoms with Crippen LogP contribution >= 0.6 is 0 Å². The maximum Gasteiger partial charge on any atom is 0.0332 e. The number of likely N-dealkylation sites (N-methyl/N-ethyl adjacent to an activating group) is 1. The molecule has 3 heteroatoms. The molecule has 1 saturated heterocycles. The summed E-state index contributed by atoms with van der Waals surface area (Å²) < 4.78 is 0. The lowest BCUT2D eigenvalue weighted by molar-refractivity contribution is 0.0569. The molecule has 1 heterocycles. The first kappa shape index (κ1) is 14.3. The first-order valence-electron chi connectivity index (χ1n) is 7.73. The summed E-state index contributed by atoms with van der Waals surface area (Å²) in [5, 5.41) is 0. The highest BCUT2D eigenvalue weighted by atomic mass is 15.3. The Bertz CT molecular complexity index is 256. The Hall–Kier alpha value is -0.120. The smallest absolute Gasteiger partial charge is 0.0332 e. The number of likely N-dealkylation sites (tertiary alicyclic amines) is 1. The summed E-state index contributed by atoms with van der Waals surface area (Å²) in [4.78, 5) is 5.09. The molecule has 1 unspecified atom stereocenters. The van der Waals surface area contributed by atoms with Gasteiger partial charge < -0.3 is 10.6 Å². The molecule has 0 aromatic rings. The van der Waals surface area contributed by atoms with Crippen LogP contribution in [0, 0.1) is 5.92 Å². The summed E-state index contributed by atoms with van der Waals surface area (Å²) in [7, 11) is 4.41. The number of nitrogens with zero attached hydrogens (tertiary/aromatic N) is 2. The first-order chi connectivity index (χ1) is 8.61. The molecular weight excluding hydrogens is 222 g/mol. The second-order valence-electron chi connectivity index (χ2n) is 6.63. The Labute approximate surface area is 113 Å². The van der Waals surface area contributed by atoms with E-state index in [-0.39, 0.29) is 0 Å². The minimum atomic E-state index is 0.330. The zero-order valence-corrected chi connectivity index (χ0v) is 12.5. The van der Waals surface area contributed by atoms with Gasteiger partial charge in [-0.25, -0.2) is 0 Å². The molecule has 3 nitrogen and oxygen atoms in total. The van der Waals surface area contributed by atoms with Gasteiger partial charge in [0.05, 0.1) is 0 Å². The van der Waals surface area contributed by atoms with Gasteiger partial charge in [-0.3, -0.25) is 4.90 Å². The SMILES string of the molecule is CCC1CCC(CN)(N2CCC(N(C)C)C2)CC1. The highest BCUT2D eigenvalue weighted by Crippen LogP contribution is 2.39. The van der Waals surface area contributed by atoms with Crippen molar-refractivity contribution < 1.29 is 0 Å². The number of hydrogen-bond donors (Lipinski definition) is 1. The molecule has 0 aromatic carbocycles. The molecule has 2 rings (SSSR count). The largest absolute Gasteiger partial charge is 0.329 e. The van der Waals surface area contributed by atoms with Crippen LogP contribution in [0.15, 0.2) is 0 Å². The van der Waals surface area contributed by atoms with Crippen LogP contribution in [-0.2, 0) is 0 Å². The second-order valence-corrected chi connectivity index (χ2v) is 6.63. The molecule has 1 saturated carbocycles. The number of rotatable bonds is 4. The fraction of sp³-hybridized carbons (Fsp3) is 1.00. The molecule has 0 spiro atoms. The van der Waals surface area contributed by atoms with Crippen molar-refractivity contribution in [2.45, 2.75) is 57.0 Å². The van der Waals surface area contributed by atoms with E-state index in [2.05, 4.69) is 30.8 Å². The predicted octanol–water partition coefficient (Wildman–Crippen LogP) is 1.92. The molecule has 0 radical (unpaired) electrons. The van der Waals surface area contributed by atoms with Gasteiger partial charge in [-0.1, -0.05) is 13.3 Å². The molecule has 2 N–H and O–H groups in total. The van der Waals surface area contributed by atoms with Gasteiger partial charge in [-0.15, -0.1) is 0 Å². The zero-order chi connectivity index (χ0) is 13.2. The molecule has 106 valence electrons. The average Bonchev–Trinajstić information content (AvgIpc) is 2.89. The summed E-state index contributed by atoms with van der Waals surface area (Å²) in [5.74, 6) is 0.955. The van der Waals surface area contributed by atoms with Gasteiger partial charge in [-0.05, 0) is 52.1 Å². The highest BCUT2D eigenvalue weighted by Gasteiger charge is 2.42. The van der Waals surface area contributed by atoms with E-state index in [1.54, 1.807) is 0 Å². The van der Waals surface area contributed by atoms with Crippen LogP contribution in [0.5, 0.6) is 0 Å². The zero-order valence-electron chi connectivity index (χ0n) is 12.5. The van der Waals surface area contributed by atoms with Gasteiger partial charge in [0.15, 0.2) is 0 Å². The van der Waals surface area contributed by atoms with E-state index < -0.39 is 0 Å². The quantitative estimate of drug-likeness (QED) is 0.831. The molecule has 18 heavy (non-hydrogen) atoms. The van der Waals surface area contributed by atoms with Crippen molar-refractivity contribution >= 4 is 0 Å². The van der Waals surface area contributed by atoms with E-state index in [0.717, 1.165) is 18.5 Å². The molecule has 2 aliphatic rings. The van der Waals surface area contributed by atoms with Crippen LogP contribution < -0.4 is 5.73 Å². The predicted molar refractivity (Wildman–Crippen MR) is 77.7 cm³/mol. The Kier molecular flexibility index (Phi) is 4.68. The van der Waals surface area contributed by atoms with Crippen molar-refractivity contribution in [2.75, 3.05) is 33.7 Å². The third kappa shape index (κ3) is 2.73. The van der Waals surface area contributed by atoms with Crippen LogP contribution in [0.25, 0.3) is 0 Å². The Morgan fingerprint density at radius 1 is 1.22 bits per heavy atom. The standard InChI is InChI=1S/C15H31N3/c1-4-13-5-8-15(12-16,9-6-13)18-10-7-14(11-18)17(2)3/h13-14H,4-12,16H2,1-3H3. The second kappa shape index (κ2) is 5.89. The maximum atomic E-state index is 6.17. The Morgan fingerprint density at radius 3 is 2.33 bits per heavy atom. The van der Waals surface area contributed by atoms with E-state index in [4.69, 9.17) is 5.73 Å². The molecule has 0 amide bonds. The van der Waals surface area contributed by atoms with Gasteiger partial charge in [-0.2, -0.15) is 0 Å². The number of hydrogen-bond acceptors (Lipinski definition) is 3. The van der Waals surface area contributed by atoms with E-state index in [0.29, 0.717) is 5.54 Å². The highest BCUT2D eigenvalue weighted by molar-refractivity contribution is 4.99. The van der Waals surface area contributed by atoms with Crippen molar-refractivity contribution in [1.82, 2.24) is 9.80 Å². The van der Waals surface area contributed by atoms with Gasteiger partial charge >= 0.3 is 0 Å². The van der Waals surface area contributed by atoms with Crippen molar-refractivity contribution in [3.05, 3.63) is 0 Å². The summed E-state index contributed by atoms with van der Waals surface area (Å²) in [5.41, 5.74) is 6.50. The summed E-state index contributed by atoms with van der Waals surface area (Å²) >= 11 is 0. The van der Waals surface area contributed by atoms with Crippen LogP contribution in [-0.4, -0.2) is 55.1 Å². The summed E-state index contributed by atoms with van der Waals surface area (Å²) in [6.07, 6.45) is 8.07. The fourth-order valence-electron chi connectivity index (χ4n) is 3.87. The van der Waals surface area contributed by atoms with E-state index in [1.165, 1.54) is 51.6 Å². The van der Waals surface area contributed by atoms with Crippen molar-refractivity contribution in [2.24, 2.45) is 11.7 Å². The number of nitrogens with two attached hydrogens (primary N) is 1. The topological polar surface area (TPSA) is 32.5 Å². The van der Waals surface area contributed by atoms with Crippen LogP contribution in [0.1, 0.15) is 45.4 Å². The van der Waals surface area contributed by atoms with Gasteiger partial charge in [0, 0.05) is 31.2 Å². The third-order valence-corrected chi connectivity index (χ3v) is 5.56. The lowest BCUT2D eigenvalue weighted by Gasteiger charge is -2.46. The van der Waals surface area contributed by atoms with E-state index in [9.17, 15) is 0 Å². The summed E-state index contributed by atoms with van der Waals surface area (Å²) in [6.45, 7) is 5.65. The molecule has 0 bridgehead atoms. The van der Waals surface area contributed by atoms with E-state index >= 15 is 0 Å². The molecule has 1 aliphatic carbocycles. The average molecular weight is 253 g/mol.